The van der Waals surface area contributed by atoms with Crippen molar-refractivity contribution in [1.82, 2.24) is 70.3 Å². The van der Waals surface area contributed by atoms with E-state index in [1.165, 1.54) is 133 Å². The first-order chi connectivity index (χ1) is 71.4. The molecule has 4 aromatic carbocycles. The number of fused-ring (bicyclic) bond motifs is 4. The molecule has 0 bridgehead atoms. The highest BCUT2D eigenvalue weighted by molar-refractivity contribution is 7.91. The van der Waals surface area contributed by atoms with Crippen LogP contribution in [0.25, 0.3) is 22.1 Å². The Morgan fingerprint density at radius 2 is 0.707 bits per heavy atom. The summed E-state index contributed by atoms with van der Waals surface area (Å²) in [4.78, 5) is 58.7. The van der Waals surface area contributed by atoms with Crippen LogP contribution in [0.2, 0.25) is 0 Å². The Labute approximate surface area is 862 Å². The van der Waals surface area contributed by atoms with Crippen LogP contribution in [0, 0.1) is 35.1 Å². The van der Waals surface area contributed by atoms with Gasteiger partial charge in [-0.15, -0.1) is 0 Å². The molecule has 0 radical (unpaired) electrons. The third kappa shape index (κ3) is 24.7. The summed E-state index contributed by atoms with van der Waals surface area (Å²) in [5.74, 6) is -2.17. The lowest BCUT2D eigenvalue weighted by Crippen LogP contribution is -2.42. The molecule has 49 heteroatoms. The van der Waals surface area contributed by atoms with Crippen molar-refractivity contribution in [1.29, 1.82) is 0 Å². The number of nitrogens with one attached hydrogen (secondary N) is 4. The van der Waals surface area contributed by atoms with E-state index in [2.05, 4.69) is 25.1 Å². The molecule has 804 valence electrons. The number of amides is 4. The summed E-state index contributed by atoms with van der Waals surface area (Å²) in [6.45, 7) is 13.3. The van der Waals surface area contributed by atoms with Gasteiger partial charge in [-0.2, -0.15) is 58.6 Å². The molecular formula is C101H117F8N19O18S4. The lowest BCUT2D eigenvalue weighted by Gasteiger charge is -2.29. The predicted octanol–water partition coefficient (Wildman–Crippen LogP) is 13.6. The predicted molar refractivity (Wildman–Crippen MR) is 541 cm³/mol. The van der Waals surface area contributed by atoms with Gasteiger partial charge in [0.2, 0.25) is 10.0 Å². The minimum absolute atomic E-state index is 0.0449. The van der Waals surface area contributed by atoms with E-state index >= 15 is 0 Å². The molecule has 150 heavy (non-hydrogen) atoms. The monoisotopic (exact) mass is 2160 g/mol. The summed E-state index contributed by atoms with van der Waals surface area (Å²) in [5, 5.41) is 16.6. The first kappa shape index (κ1) is 108. The molecule has 8 aromatic heterocycles. The van der Waals surface area contributed by atoms with Crippen molar-refractivity contribution >= 4 is 109 Å². The number of pyridine rings is 4. The number of ether oxygens (including phenoxy) is 6. The highest BCUT2D eigenvalue weighted by Gasteiger charge is 2.43. The average molecular weight is 2170 g/mol. The molecule has 12 aromatic rings. The Kier molecular flexibility index (Phi) is 32.4. The molecule has 4 N–H and O–H groups in total. The number of hydrogen-bond donors (Lipinski definition) is 4. The lowest BCUT2D eigenvalue weighted by molar-refractivity contribution is 0.0972. The van der Waals surface area contributed by atoms with Gasteiger partial charge in [0, 0.05) is 176 Å². The van der Waals surface area contributed by atoms with E-state index in [0.717, 1.165) is 38.6 Å². The standard InChI is InChI=1S/C26H30F2N4O5S.C25H29F2N5O5S.2C25H29F2N5O4S/c1-26(2,3)38(34,35)30-25(33)21-13-29-32-8-6-18(12-23(21)32)31-14-17(28)11-22(31)20-10-16(27)4-5-24(20)37-19-7-9-36-15-19;1-3-30(2)38(34,35)29-25(33)21-13-28-32-8-6-18(12-23(21)32)31-14-17(27)11-22(31)20-10-16(26)4-5-24(20)37-19-7-9-36-15-19;1-3-30(2)37(34,35)29-25(33)22-13-28-32-7-6-20(12-24(22)32)31-14-19(27)11-23(31)17-8-18(26)10-21(9-17)36-15-16-4-5-16;1-3-30(2)37(34,35)29-25(33)21-13-28-32-9-8-19(12-23(21)32)31-14-18(27)11-22(31)20-10-17(26)6-7-24(20)36-15-16-4-5-16/h4-6,8,10,12-13,17,19,22H,7,9,11,14-15H2,1-3H3,(H,30,33);4-6,8,10,12-13,17,19,22H,3,7,9,11,14-15H2,1-2H3,(H,29,33);6-10,12-13,16,19,23H,3-5,11,14-15H2,1-2H3,(H,29,33);6-10,12-13,16,18,22H,3-5,11,14-15H2,1-2H3,(H,29,33)/t2*17-,19?,22+;19-,23+;18-,22+/m0000/s1. The normalized spacial score (nSPS) is 21.1. The van der Waals surface area contributed by atoms with E-state index in [1.54, 1.807) is 128 Å². The van der Waals surface area contributed by atoms with Gasteiger partial charge in [0.25, 0.3) is 23.6 Å². The molecule has 2 unspecified atom stereocenters. The number of carbonyl (C=O) groups is 4. The van der Waals surface area contributed by atoms with Crippen molar-refractivity contribution in [2.45, 2.75) is 172 Å². The molecule has 6 aliphatic heterocycles. The zero-order valence-electron chi connectivity index (χ0n) is 83.6. The molecule has 4 amide bonds. The highest BCUT2D eigenvalue weighted by atomic mass is 32.2. The molecular weight excluding hydrogens is 2050 g/mol. The second-order valence-corrected chi connectivity index (χ2v) is 46.9. The van der Waals surface area contributed by atoms with E-state index in [0.29, 0.717) is 154 Å². The molecule has 2 saturated carbocycles. The fourth-order valence-electron chi connectivity index (χ4n) is 18.5. The maximum absolute atomic E-state index is 14.8. The third-order valence-electron chi connectivity index (χ3n) is 27.6. The number of aromatic nitrogens is 8. The van der Waals surface area contributed by atoms with Gasteiger partial charge in [-0.3, -0.25) is 19.2 Å². The van der Waals surface area contributed by atoms with Crippen LogP contribution < -0.4 is 57.4 Å². The summed E-state index contributed by atoms with van der Waals surface area (Å²) >= 11 is 0. The molecule has 8 aliphatic rings. The van der Waals surface area contributed by atoms with E-state index in [1.807, 2.05) is 24.0 Å². The summed E-state index contributed by atoms with van der Waals surface area (Å²) in [6, 6.07) is 28.8. The Bertz CT molecular complexity index is 7500. The van der Waals surface area contributed by atoms with Crippen LogP contribution in [0.15, 0.2) is 171 Å². The van der Waals surface area contributed by atoms with Crippen LogP contribution in [0.3, 0.4) is 0 Å². The first-order valence-electron chi connectivity index (χ1n) is 49.3. The van der Waals surface area contributed by atoms with E-state index in [4.69, 9.17) is 28.4 Å². The number of sulfonamides is 1. The Balaban J connectivity index is 0.000000136. The number of halogens is 8. The maximum Gasteiger partial charge on any atom is 0.303 e. The van der Waals surface area contributed by atoms with Gasteiger partial charge < -0.3 is 48.0 Å². The summed E-state index contributed by atoms with van der Waals surface area (Å²) in [7, 11) is -11.9. The minimum atomic E-state index is -4.02. The Hall–Kier alpha value is -13.0. The number of benzene rings is 4. The summed E-state index contributed by atoms with van der Waals surface area (Å²) < 4.78 is 266. The Morgan fingerprint density at radius 1 is 0.393 bits per heavy atom. The van der Waals surface area contributed by atoms with Gasteiger partial charge in [0.15, 0.2) is 0 Å². The molecule has 0 spiro atoms. The van der Waals surface area contributed by atoms with E-state index < -0.39 is 141 Å². The second kappa shape index (κ2) is 44.9. The topological polar surface area (TPSA) is 400 Å². The SMILES string of the molecule is CC(C)(C)S(=O)(=O)NC(=O)c1cnn2ccc(N3C[C@@H](F)C[C@@H]3c3cc(F)ccc3OC3CCOC3)cc12.CCN(C)S(=O)(=O)NC(=O)c1cnn2ccc(N3C[C@@H](F)C[C@@H]3c3cc(F)cc(OCC4CC4)c3)cc12.CCN(C)S(=O)(=O)NC(=O)c1cnn2ccc(N3C[C@@H](F)C[C@@H]3c3cc(F)ccc3OC3CCOC3)cc12.CCN(C)S(=O)(=O)NC(=O)c1cnn2ccc(N3C[C@@H](F)C[C@@H]3c3cc(F)ccc3OCC3CC3)cc12. The molecule has 8 fully saturated rings. The van der Waals surface area contributed by atoms with Gasteiger partial charge in [0.1, 0.15) is 83.2 Å². The molecule has 6 saturated heterocycles. The van der Waals surface area contributed by atoms with Crippen LogP contribution in [0.5, 0.6) is 23.0 Å². The van der Waals surface area contributed by atoms with Crippen LogP contribution in [0.4, 0.5) is 57.9 Å². The fourth-order valence-corrected chi connectivity index (χ4v) is 21.7. The number of carbonyl (C=O) groups excluding carboxylic acids is 4. The van der Waals surface area contributed by atoms with Crippen molar-refractivity contribution in [2.75, 3.05) is 126 Å². The van der Waals surface area contributed by atoms with Gasteiger partial charge in [-0.1, -0.05) is 20.8 Å². The average Bonchev–Trinajstić information content (AvgIpc) is 1.62. The minimum Gasteiger partial charge on any atom is -0.493 e. The number of alkyl halides is 4. The van der Waals surface area contributed by atoms with Crippen molar-refractivity contribution in [3.8, 4) is 23.0 Å². The first-order valence-corrected chi connectivity index (χ1v) is 55.1. The van der Waals surface area contributed by atoms with Gasteiger partial charge in [-0.05, 0) is 179 Å². The van der Waals surface area contributed by atoms with Crippen LogP contribution in [0.1, 0.15) is 194 Å². The smallest absolute Gasteiger partial charge is 0.303 e. The van der Waals surface area contributed by atoms with Crippen molar-refractivity contribution in [3.05, 3.63) is 239 Å². The largest absolute Gasteiger partial charge is 0.493 e. The van der Waals surface area contributed by atoms with Crippen LogP contribution >= 0.6 is 0 Å². The lowest BCUT2D eigenvalue weighted by atomic mass is 10.0. The Morgan fingerprint density at radius 3 is 1.03 bits per heavy atom. The van der Waals surface area contributed by atoms with Crippen LogP contribution in [-0.2, 0) is 50.1 Å². The molecule has 10 atom stereocenters. The maximum atomic E-state index is 14.8. The molecule has 14 heterocycles. The van der Waals surface area contributed by atoms with Gasteiger partial charge in [0.05, 0.1) is 138 Å². The third-order valence-corrected chi connectivity index (χ3v) is 34.2. The van der Waals surface area contributed by atoms with E-state index in [-0.39, 0.29) is 106 Å². The number of anilines is 4. The van der Waals surface area contributed by atoms with Crippen molar-refractivity contribution in [2.24, 2.45) is 11.8 Å². The summed E-state index contributed by atoms with van der Waals surface area (Å²) in [5.41, 5.74) is 6.20. The fraction of sp³-hybridized carbons (Fsp3) is 0.446. The summed E-state index contributed by atoms with van der Waals surface area (Å²) in [6.07, 6.45) is 13.1. The second-order valence-electron chi connectivity index (χ2n) is 39.2. The molecule has 2 aliphatic carbocycles. The number of nitrogens with zero attached hydrogens (tertiary/aromatic N) is 15. The highest BCUT2D eigenvalue weighted by Crippen LogP contribution is 2.48. The zero-order chi connectivity index (χ0) is 107. The van der Waals surface area contributed by atoms with Gasteiger partial charge in [-0.25, -0.2) is 80.5 Å². The van der Waals surface area contributed by atoms with E-state index in [9.17, 15) is 88.0 Å². The van der Waals surface area contributed by atoms with Crippen molar-refractivity contribution < 1.29 is 116 Å². The van der Waals surface area contributed by atoms with Crippen LogP contribution in [-0.4, -0.2) is 257 Å². The molecule has 20 rings (SSSR count). The number of hydrogen-bond acceptors (Lipinski definition) is 26. The van der Waals surface area contributed by atoms with Gasteiger partial charge >= 0.3 is 30.6 Å². The molecule has 37 nitrogen and oxygen atoms in total. The van der Waals surface area contributed by atoms with Crippen molar-refractivity contribution in [3.63, 3.8) is 0 Å². The number of rotatable bonds is 32. The zero-order valence-corrected chi connectivity index (χ0v) is 86.8. The quantitative estimate of drug-likeness (QED) is 0.0284.